The van der Waals surface area contributed by atoms with Crippen LogP contribution in [0.15, 0.2) is 30.3 Å². The molecule has 0 saturated carbocycles. The predicted octanol–water partition coefficient (Wildman–Crippen LogP) is 0.0862. The number of carbonyl (C=O) groups excluding carboxylic acids is 2. The van der Waals surface area contributed by atoms with Crippen molar-refractivity contribution in [1.82, 2.24) is 4.90 Å². The number of primary amides is 1. The molecule has 0 bridgehead atoms. The minimum atomic E-state index is -0.863. The number of nitrogens with two attached hydrogens (primary N) is 1. The first kappa shape index (κ1) is 11.2. The Hall–Kier alpha value is -1.88. The van der Waals surface area contributed by atoms with Crippen LogP contribution in [0.4, 0.5) is 4.79 Å². The van der Waals surface area contributed by atoms with E-state index in [2.05, 4.69) is 0 Å². The Balaban J connectivity index is 2.76. The zero-order valence-electron chi connectivity index (χ0n) is 8.09. The molecule has 3 N–H and O–H groups in total. The number of hydrogen-bond donors (Lipinski definition) is 2. The van der Waals surface area contributed by atoms with Gasteiger partial charge < -0.3 is 10.8 Å². The van der Waals surface area contributed by atoms with Crippen LogP contribution < -0.4 is 5.73 Å². The quantitative estimate of drug-likeness (QED) is 0.738. The van der Waals surface area contributed by atoms with Gasteiger partial charge in [0.1, 0.15) is 6.61 Å². The van der Waals surface area contributed by atoms with E-state index in [0.29, 0.717) is 0 Å². The summed E-state index contributed by atoms with van der Waals surface area (Å²) in [5, 5.41) is 8.63. The summed E-state index contributed by atoms with van der Waals surface area (Å²) in [4.78, 5) is 22.9. The van der Waals surface area contributed by atoms with E-state index < -0.39 is 18.5 Å². The first-order valence-corrected chi connectivity index (χ1v) is 4.39. The van der Waals surface area contributed by atoms with E-state index in [4.69, 9.17) is 10.8 Å². The maximum absolute atomic E-state index is 11.1. The summed E-state index contributed by atoms with van der Waals surface area (Å²) in [5.74, 6) is -0.702. The number of amides is 3. The first-order valence-electron chi connectivity index (χ1n) is 4.39. The Kier molecular flexibility index (Phi) is 3.82. The fraction of sp³-hybridized carbons (Fsp3) is 0.200. The molecule has 1 rings (SSSR count). The number of carbonyl (C=O) groups is 2. The molecule has 0 saturated heterocycles. The van der Waals surface area contributed by atoms with E-state index in [1.165, 1.54) is 0 Å². The number of imide groups is 1. The molecule has 0 aliphatic carbocycles. The van der Waals surface area contributed by atoms with E-state index in [1.807, 2.05) is 6.07 Å². The van der Waals surface area contributed by atoms with Gasteiger partial charge in [-0.25, -0.2) is 4.79 Å². The lowest BCUT2D eigenvalue weighted by Crippen LogP contribution is -2.41. The van der Waals surface area contributed by atoms with E-state index in [9.17, 15) is 9.59 Å². The minimum Gasteiger partial charge on any atom is -0.387 e. The van der Waals surface area contributed by atoms with Crippen molar-refractivity contribution in [3.63, 3.8) is 0 Å². The van der Waals surface area contributed by atoms with Crippen molar-refractivity contribution in [2.45, 2.75) is 6.54 Å². The highest BCUT2D eigenvalue weighted by Crippen LogP contribution is 2.04. The molecule has 0 aliphatic heterocycles. The Bertz CT molecular complexity index is 351. The molecular weight excluding hydrogens is 196 g/mol. The van der Waals surface area contributed by atoms with Crippen molar-refractivity contribution in [2.24, 2.45) is 5.73 Å². The second-order valence-corrected chi connectivity index (χ2v) is 2.96. The van der Waals surface area contributed by atoms with Gasteiger partial charge in [0.25, 0.3) is 5.91 Å². The zero-order valence-corrected chi connectivity index (χ0v) is 8.09. The average Bonchev–Trinajstić information content (AvgIpc) is 2.26. The number of rotatable bonds is 3. The van der Waals surface area contributed by atoms with Crippen LogP contribution in [0, 0.1) is 0 Å². The standard InChI is InChI=1S/C10H12N2O3/c11-10(15)12(9(14)7-13)6-8-4-2-1-3-5-8/h1-5,13H,6-7H2,(H2,11,15). The summed E-state index contributed by atoms with van der Waals surface area (Å²) < 4.78 is 0. The number of nitrogens with zero attached hydrogens (tertiary/aromatic N) is 1. The summed E-state index contributed by atoms with van der Waals surface area (Å²) in [6.07, 6.45) is 0. The summed E-state index contributed by atoms with van der Waals surface area (Å²) in [6, 6.07) is 8.07. The molecule has 0 spiro atoms. The molecule has 5 nitrogen and oxygen atoms in total. The van der Waals surface area contributed by atoms with E-state index in [0.717, 1.165) is 10.5 Å². The van der Waals surface area contributed by atoms with Crippen molar-refractivity contribution in [1.29, 1.82) is 0 Å². The topological polar surface area (TPSA) is 83.6 Å². The number of aliphatic hydroxyl groups is 1. The lowest BCUT2D eigenvalue weighted by molar-refractivity contribution is -0.131. The molecule has 0 aromatic heterocycles. The van der Waals surface area contributed by atoms with E-state index in [1.54, 1.807) is 24.3 Å². The first-order chi connectivity index (χ1) is 7.15. The third-order valence-corrected chi connectivity index (χ3v) is 1.89. The van der Waals surface area contributed by atoms with Crippen LogP contribution in [0.3, 0.4) is 0 Å². The lowest BCUT2D eigenvalue weighted by Gasteiger charge is -2.17. The van der Waals surface area contributed by atoms with Crippen molar-refractivity contribution in [3.05, 3.63) is 35.9 Å². The molecule has 0 atom stereocenters. The number of urea groups is 1. The average molecular weight is 208 g/mol. The molecule has 0 unspecified atom stereocenters. The van der Waals surface area contributed by atoms with Gasteiger partial charge in [0.2, 0.25) is 0 Å². The minimum absolute atomic E-state index is 0.0789. The SMILES string of the molecule is NC(=O)N(Cc1ccccc1)C(=O)CO. The van der Waals surface area contributed by atoms with Crippen LogP contribution in [-0.4, -0.2) is 28.6 Å². The molecule has 80 valence electrons. The molecule has 1 aromatic carbocycles. The van der Waals surface area contributed by atoms with Crippen molar-refractivity contribution in [3.8, 4) is 0 Å². The normalized spacial score (nSPS) is 9.67. The van der Waals surface area contributed by atoms with Crippen LogP contribution in [0.1, 0.15) is 5.56 Å². The number of hydrogen-bond acceptors (Lipinski definition) is 3. The summed E-state index contributed by atoms with van der Waals surface area (Å²) >= 11 is 0. The third kappa shape index (κ3) is 3.07. The highest BCUT2D eigenvalue weighted by atomic mass is 16.3. The van der Waals surface area contributed by atoms with Gasteiger partial charge in [-0.1, -0.05) is 30.3 Å². The van der Waals surface area contributed by atoms with Gasteiger partial charge in [0.15, 0.2) is 0 Å². The van der Waals surface area contributed by atoms with Crippen molar-refractivity contribution >= 4 is 11.9 Å². The Morgan fingerprint density at radius 2 is 1.87 bits per heavy atom. The van der Waals surface area contributed by atoms with Gasteiger partial charge in [-0.15, -0.1) is 0 Å². The van der Waals surface area contributed by atoms with E-state index >= 15 is 0 Å². The molecule has 0 heterocycles. The second-order valence-electron chi connectivity index (χ2n) is 2.96. The molecule has 1 aromatic rings. The maximum Gasteiger partial charge on any atom is 0.321 e. The van der Waals surface area contributed by atoms with Crippen LogP contribution in [0.5, 0.6) is 0 Å². The Labute approximate surface area is 87.1 Å². The fourth-order valence-electron chi connectivity index (χ4n) is 1.14. The van der Waals surface area contributed by atoms with Crippen LogP contribution >= 0.6 is 0 Å². The second kappa shape index (κ2) is 5.11. The Morgan fingerprint density at radius 1 is 1.27 bits per heavy atom. The molecule has 0 radical (unpaired) electrons. The van der Waals surface area contributed by atoms with E-state index in [-0.39, 0.29) is 6.54 Å². The highest BCUT2D eigenvalue weighted by molar-refractivity contribution is 5.94. The van der Waals surface area contributed by atoms with Gasteiger partial charge in [-0.2, -0.15) is 0 Å². The van der Waals surface area contributed by atoms with Crippen LogP contribution in [-0.2, 0) is 11.3 Å². The van der Waals surface area contributed by atoms with Crippen LogP contribution in [0.2, 0.25) is 0 Å². The zero-order chi connectivity index (χ0) is 11.3. The Morgan fingerprint density at radius 3 is 2.33 bits per heavy atom. The molecule has 3 amide bonds. The van der Waals surface area contributed by atoms with Gasteiger partial charge in [0.05, 0.1) is 6.54 Å². The van der Waals surface area contributed by atoms with Crippen molar-refractivity contribution in [2.75, 3.05) is 6.61 Å². The smallest absolute Gasteiger partial charge is 0.321 e. The molecule has 15 heavy (non-hydrogen) atoms. The monoisotopic (exact) mass is 208 g/mol. The maximum atomic E-state index is 11.1. The number of aliphatic hydroxyl groups excluding tert-OH is 1. The van der Waals surface area contributed by atoms with Gasteiger partial charge in [-0.3, -0.25) is 9.69 Å². The lowest BCUT2D eigenvalue weighted by atomic mass is 10.2. The van der Waals surface area contributed by atoms with Crippen molar-refractivity contribution < 1.29 is 14.7 Å². The molecule has 0 aliphatic rings. The summed E-state index contributed by atoms with van der Waals surface area (Å²) in [5.41, 5.74) is 5.79. The van der Waals surface area contributed by atoms with Gasteiger partial charge >= 0.3 is 6.03 Å². The predicted molar refractivity (Wildman–Crippen MR) is 53.7 cm³/mol. The molecule has 5 heteroatoms. The van der Waals surface area contributed by atoms with Crippen LogP contribution in [0.25, 0.3) is 0 Å². The molecule has 0 fully saturated rings. The largest absolute Gasteiger partial charge is 0.387 e. The number of benzene rings is 1. The highest BCUT2D eigenvalue weighted by Gasteiger charge is 2.17. The summed E-state index contributed by atoms with van der Waals surface area (Å²) in [7, 11) is 0. The molecular formula is C10H12N2O3. The fourth-order valence-corrected chi connectivity index (χ4v) is 1.14. The third-order valence-electron chi connectivity index (χ3n) is 1.89. The van der Waals surface area contributed by atoms with Gasteiger partial charge in [-0.05, 0) is 5.56 Å². The summed E-state index contributed by atoms with van der Waals surface area (Å²) in [6.45, 7) is -0.647. The van der Waals surface area contributed by atoms with Gasteiger partial charge in [0, 0.05) is 0 Å².